The normalized spacial score (nSPS) is 12.1. The molecule has 0 aromatic heterocycles. The zero-order valence-corrected chi connectivity index (χ0v) is 14.9. The number of rotatable bonds is 7. The summed E-state index contributed by atoms with van der Waals surface area (Å²) in [6, 6.07) is 9.35. The van der Waals surface area contributed by atoms with Crippen LogP contribution in [0.15, 0.2) is 42.5 Å². The summed E-state index contributed by atoms with van der Waals surface area (Å²) in [7, 11) is 3.03. The Kier molecular flexibility index (Phi) is 6.38. The summed E-state index contributed by atoms with van der Waals surface area (Å²) in [5, 5.41) is 5.62. The molecule has 9 heteroatoms. The van der Waals surface area contributed by atoms with Crippen molar-refractivity contribution < 1.29 is 32.2 Å². The maximum absolute atomic E-state index is 12.3. The highest BCUT2D eigenvalue weighted by Gasteiger charge is 2.31. The van der Waals surface area contributed by atoms with Crippen molar-refractivity contribution in [3.8, 4) is 17.2 Å². The molecule has 146 valence electrons. The third-order valence-corrected chi connectivity index (χ3v) is 3.48. The van der Waals surface area contributed by atoms with Crippen LogP contribution in [-0.2, 0) is 4.79 Å². The molecular weight excluding hydrogens is 365 g/mol. The quantitative estimate of drug-likeness (QED) is 0.754. The molecule has 1 atom stereocenters. The summed E-state index contributed by atoms with van der Waals surface area (Å²) >= 11 is 0. The van der Waals surface area contributed by atoms with Crippen molar-refractivity contribution in [2.45, 2.75) is 19.3 Å². The molecule has 0 saturated carbocycles. The number of alkyl halides is 3. The second-order valence-corrected chi connectivity index (χ2v) is 5.53. The fourth-order valence-electron chi connectivity index (χ4n) is 2.20. The predicted molar refractivity (Wildman–Crippen MR) is 94.4 cm³/mol. The SMILES string of the molecule is COc1cc(N[C@H](C)C(=O)Nc2ccc(OC(F)(F)F)cc2)cc(OC)c1. The maximum Gasteiger partial charge on any atom is 0.573 e. The summed E-state index contributed by atoms with van der Waals surface area (Å²) in [6.45, 7) is 1.64. The van der Waals surface area contributed by atoms with Gasteiger partial charge in [-0.05, 0) is 31.2 Å². The van der Waals surface area contributed by atoms with Gasteiger partial charge in [0.15, 0.2) is 0 Å². The molecule has 2 N–H and O–H groups in total. The molecule has 0 spiro atoms. The van der Waals surface area contributed by atoms with Crippen LogP contribution in [-0.4, -0.2) is 32.5 Å². The van der Waals surface area contributed by atoms with Crippen LogP contribution in [0.25, 0.3) is 0 Å². The molecule has 1 amide bonds. The number of carbonyl (C=O) groups is 1. The number of hydrogen-bond acceptors (Lipinski definition) is 5. The topological polar surface area (TPSA) is 68.8 Å². The third kappa shape index (κ3) is 6.28. The van der Waals surface area contributed by atoms with E-state index in [0.717, 1.165) is 12.1 Å². The summed E-state index contributed by atoms with van der Waals surface area (Å²) in [4.78, 5) is 12.3. The van der Waals surface area contributed by atoms with E-state index in [-0.39, 0.29) is 11.7 Å². The van der Waals surface area contributed by atoms with Crippen LogP contribution in [0, 0.1) is 0 Å². The lowest BCUT2D eigenvalue weighted by Crippen LogP contribution is -2.31. The minimum atomic E-state index is -4.76. The molecule has 0 aliphatic heterocycles. The van der Waals surface area contributed by atoms with E-state index >= 15 is 0 Å². The lowest BCUT2D eigenvalue weighted by molar-refractivity contribution is -0.274. The zero-order chi connectivity index (χ0) is 20.0. The van der Waals surface area contributed by atoms with Crippen molar-refractivity contribution in [3.05, 3.63) is 42.5 Å². The summed E-state index contributed by atoms with van der Waals surface area (Å²) in [5.74, 6) is 0.380. The molecule has 0 heterocycles. The molecule has 0 radical (unpaired) electrons. The van der Waals surface area contributed by atoms with Gasteiger partial charge in [0.05, 0.1) is 14.2 Å². The molecule has 2 rings (SSSR count). The van der Waals surface area contributed by atoms with Crippen molar-refractivity contribution in [1.82, 2.24) is 0 Å². The average Bonchev–Trinajstić information content (AvgIpc) is 2.61. The fraction of sp³-hybridized carbons (Fsp3) is 0.278. The maximum atomic E-state index is 12.3. The molecule has 0 aliphatic rings. The van der Waals surface area contributed by atoms with Crippen molar-refractivity contribution in [1.29, 1.82) is 0 Å². The van der Waals surface area contributed by atoms with Crippen LogP contribution < -0.4 is 24.8 Å². The van der Waals surface area contributed by atoms with Gasteiger partial charge in [0.25, 0.3) is 0 Å². The van der Waals surface area contributed by atoms with E-state index in [1.165, 1.54) is 26.4 Å². The molecule has 0 unspecified atom stereocenters. The van der Waals surface area contributed by atoms with Crippen molar-refractivity contribution in [3.63, 3.8) is 0 Å². The van der Waals surface area contributed by atoms with Gasteiger partial charge in [0.2, 0.25) is 5.91 Å². The van der Waals surface area contributed by atoms with Crippen LogP contribution in [0.3, 0.4) is 0 Å². The molecule has 2 aromatic rings. The Morgan fingerprint density at radius 1 is 0.926 bits per heavy atom. The van der Waals surface area contributed by atoms with E-state index in [9.17, 15) is 18.0 Å². The van der Waals surface area contributed by atoms with Crippen molar-refractivity contribution in [2.24, 2.45) is 0 Å². The number of amides is 1. The molecule has 0 saturated heterocycles. The largest absolute Gasteiger partial charge is 0.573 e. The third-order valence-electron chi connectivity index (χ3n) is 3.48. The zero-order valence-electron chi connectivity index (χ0n) is 14.9. The van der Waals surface area contributed by atoms with Gasteiger partial charge in [-0.2, -0.15) is 0 Å². The van der Waals surface area contributed by atoms with E-state index in [1.54, 1.807) is 25.1 Å². The van der Waals surface area contributed by atoms with Crippen LogP contribution in [0.4, 0.5) is 24.5 Å². The second-order valence-electron chi connectivity index (χ2n) is 5.53. The van der Waals surface area contributed by atoms with Crippen LogP contribution in [0.5, 0.6) is 17.2 Å². The number of carbonyl (C=O) groups excluding carboxylic acids is 1. The molecular formula is C18H19F3N2O4. The highest BCUT2D eigenvalue weighted by molar-refractivity contribution is 5.96. The number of ether oxygens (including phenoxy) is 3. The summed E-state index contributed by atoms with van der Waals surface area (Å²) < 4.78 is 50.6. The van der Waals surface area contributed by atoms with Gasteiger partial charge < -0.3 is 24.8 Å². The summed E-state index contributed by atoms with van der Waals surface area (Å²) in [5.41, 5.74) is 0.953. The highest BCUT2D eigenvalue weighted by Crippen LogP contribution is 2.27. The molecule has 27 heavy (non-hydrogen) atoms. The van der Waals surface area contributed by atoms with E-state index in [2.05, 4.69) is 15.4 Å². The second kappa shape index (κ2) is 8.52. The van der Waals surface area contributed by atoms with Gasteiger partial charge in [0.1, 0.15) is 23.3 Å². The standard InChI is InChI=1S/C18H19F3N2O4/c1-11(22-13-8-15(25-2)10-16(9-13)26-3)17(24)23-12-4-6-14(7-5-12)27-18(19,20)21/h4-11,22H,1-3H3,(H,23,24)/t11-/m1/s1. The highest BCUT2D eigenvalue weighted by atomic mass is 19.4. The van der Waals surface area contributed by atoms with E-state index in [1.807, 2.05) is 0 Å². The van der Waals surface area contributed by atoms with Gasteiger partial charge in [-0.1, -0.05) is 0 Å². The molecule has 0 aliphatic carbocycles. The Labute approximate surface area is 154 Å². The van der Waals surface area contributed by atoms with E-state index in [4.69, 9.17) is 9.47 Å². The lowest BCUT2D eigenvalue weighted by Gasteiger charge is -2.17. The van der Waals surface area contributed by atoms with Gasteiger partial charge in [-0.15, -0.1) is 13.2 Å². The number of nitrogens with one attached hydrogen (secondary N) is 2. The summed E-state index contributed by atoms with van der Waals surface area (Å²) in [6.07, 6.45) is -4.76. The first-order valence-electron chi connectivity index (χ1n) is 7.86. The van der Waals surface area contributed by atoms with Gasteiger partial charge >= 0.3 is 6.36 Å². The van der Waals surface area contributed by atoms with Crippen LogP contribution in [0.1, 0.15) is 6.92 Å². The number of hydrogen-bond donors (Lipinski definition) is 2. The first-order chi connectivity index (χ1) is 12.7. The first-order valence-corrected chi connectivity index (χ1v) is 7.86. The smallest absolute Gasteiger partial charge is 0.497 e. The molecule has 2 aromatic carbocycles. The monoisotopic (exact) mass is 384 g/mol. The number of anilines is 2. The van der Waals surface area contributed by atoms with Crippen molar-refractivity contribution in [2.75, 3.05) is 24.9 Å². The molecule has 0 bridgehead atoms. The Morgan fingerprint density at radius 2 is 1.48 bits per heavy atom. The van der Waals surface area contributed by atoms with Gasteiger partial charge in [-0.25, -0.2) is 0 Å². The van der Waals surface area contributed by atoms with Crippen LogP contribution >= 0.6 is 0 Å². The Bertz CT molecular complexity index is 757. The van der Waals surface area contributed by atoms with Gasteiger partial charge in [-0.3, -0.25) is 4.79 Å². The minimum Gasteiger partial charge on any atom is -0.497 e. The number of halogens is 3. The minimum absolute atomic E-state index is 0.339. The van der Waals surface area contributed by atoms with Gasteiger partial charge in [0, 0.05) is 29.6 Å². The number of methoxy groups -OCH3 is 2. The molecule has 0 fully saturated rings. The van der Waals surface area contributed by atoms with Crippen molar-refractivity contribution >= 4 is 17.3 Å². The Balaban J connectivity index is 1.99. The molecule has 6 nitrogen and oxygen atoms in total. The van der Waals surface area contributed by atoms with E-state index < -0.39 is 12.4 Å². The van der Waals surface area contributed by atoms with Crippen LogP contribution in [0.2, 0.25) is 0 Å². The number of benzene rings is 2. The average molecular weight is 384 g/mol. The predicted octanol–water partition coefficient (Wildman–Crippen LogP) is 4.04. The Morgan fingerprint density at radius 3 is 1.96 bits per heavy atom. The Hall–Kier alpha value is -3.10. The fourth-order valence-corrected chi connectivity index (χ4v) is 2.20. The van der Waals surface area contributed by atoms with E-state index in [0.29, 0.717) is 22.9 Å². The first kappa shape index (κ1) is 20.2. The lowest BCUT2D eigenvalue weighted by atomic mass is 10.2.